The van der Waals surface area contributed by atoms with Crippen LogP contribution >= 0.6 is 0 Å². The first-order chi connectivity index (χ1) is 10.6. The van der Waals surface area contributed by atoms with E-state index in [1.807, 2.05) is 36.4 Å². The number of rotatable bonds is 4. The topological polar surface area (TPSA) is 46.5 Å². The summed E-state index contributed by atoms with van der Waals surface area (Å²) in [6.07, 6.45) is 0. The molecule has 23 heavy (non-hydrogen) atoms. The third-order valence-electron chi connectivity index (χ3n) is 4.50. The van der Waals surface area contributed by atoms with E-state index in [4.69, 9.17) is 9.53 Å². The highest BCUT2D eigenvalue weighted by Gasteiger charge is 2.38. The van der Waals surface area contributed by atoms with Gasteiger partial charge in [0, 0.05) is 0 Å². The zero-order chi connectivity index (χ0) is 17.3. The third-order valence-corrected chi connectivity index (χ3v) is 8.86. The van der Waals surface area contributed by atoms with Crippen LogP contribution in [0.2, 0.25) is 18.1 Å². The summed E-state index contributed by atoms with van der Waals surface area (Å²) in [6, 6.07) is 14.9. The van der Waals surface area contributed by atoms with Gasteiger partial charge in [0.2, 0.25) is 8.32 Å². The molecule has 0 aliphatic rings. The highest BCUT2D eigenvalue weighted by molar-refractivity contribution is 6.74. The minimum Gasteiger partial charge on any atom is -0.544 e. The van der Waals surface area contributed by atoms with Crippen molar-refractivity contribution in [3.8, 4) is 16.9 Å². The third kappa shape index (κ3) is 4.02. The lowest BCUT2D eigenvalue weighted by Gasteiger charge is -2.36. The molecule has 0 saturated carbocycles. The van der Waals surface area contributed by atoms with Crippen molar-refractivity contribution in [2.75, 3.05) is 0 Å². The Morgan fingerprint density at radius 3 is 1.74 bits per heavy atom. The fourth-order valence-electron chi connectivity index (χ4n) is 1.97. The molecular weight excluding hydrogens is 304 g/mol. The average molecular weight is 328 g/mol. The Morgan fingerprint density at radius 1 is 0.913 bits per heavy atom. The van der Waals surface area contributed by atoms with Crippen LogP contribution < -0.4 is 4.43 Å². The highest BCUT2D eigenvalue weighted by Crippen LogP contribution is 2.37. The van der Waals surface area contributed by atoms with Gasteiger partial charge in [0.25, 0.3) is 0 Å². The van der Waals surface area contributed by atoms with Crippen LogP contribution in [0, 0.1) is 0 Å². The summed E-state index contributed by atoms with van der Waals surface area (Å²) in [5, 5.41) is 9.11. The van der Waals surface area contributed by atoms with Crippen LogP contribution in [0.15, 0.2) is 48.5 Å². The van der Waals surface area contributed by atoms with E-state index in [2.05, 4.69) is 33.9 Å². The molecule has 2 aromatic rings. The highest BCUT2D eigenvalue weighted by atomic mass is 28.4. The second kappa shape index (κ2) is 6.20. The summed E-state index contributed by atoms with van der Waals surface area (Å²) in [7, 11) is -1.83. The Labute approximate surface area is 139 Å². The summed E-state index contributed by atoms with van der Waals surface area (Å²) in [6.45, 7) is 11.1. The van der Waals surface area contributed by atoms with E-state index in [9.17, 15) is 4.79 Å². The Kier molecular flexibility index (Phi) is 4.66. The smallest absolute Gasteiger partial charge is 0.335 e. The minimum atomic E-state index is -1.83. The van der Waals surface area contributed by atoms with Crippen LogP contribution in [0.3, 0.4) is 0 Å². The first-order valence-electron chi connectivity index (χ1n) is 7.73. The molecule has 0 bridgehead atoms. The van der Waals surface area contributed by atoms with Gasteiger partial charge in [-0.05, 0) is 53.5 Å². The minimum absolute atomic E-state index is 0.165. The summed E-state index contributed by atoms with van der Waals surface area (Å²) in [4.78, 5) is 10.9. The number of hydrogen-bond acceptors (Lipinski definition) is 2. The van der Waals surface area contributed by atoms with Crippen LogP contribution in [0.1, 0.15) is 31.1 Å². The van der Waals surface area contributed by atoms with E-state index in [0.29, 0.717) is 5.56 Å². The molecule has 0 amide bonds. The molecule has 2 aromatic carbocycles. The maximum atomic E-state index is 10.9. The summed E-state index contributed by atoms with van der Waals surface area (Å²) >= 11 is 0. The Hall–Kier alpha value is -2.07. The predicted octanol–water partition coefficient (Wildman–Crippen LogP) is 5.44. The number of hydrogen-bond donors (Lipinski definition) is 1. The standard InChI is InChI=1S/C19H24O3Si/c1-19(2,3)23(4,5)22-17-12-10-15(11-13-17)14-6-8-16(9-7-14)18(20)21/h6-13H,1-5H3,(H,20,21). The molecule has 0 radical (unpaired) electrons. The molecule has 0 aliphatic heterocycles. The van der Waals surface area contributed by atoms with E-state index in [1.54, 1.807) is 12.1 Å². The van der Waals surface area contributed by atoms with Gasteiger partial charge >= 0.3 is 5.97 Å². The normalized spacial score (nSPS) is 12.0. The summed E-state index contributed by atoms with van der Waals surface area (Å²) < 4.78 is 6.27. The molecule has 0 aromatic heterocycles. The number of benzene rings is 2. The molecule has 1 N–H and O–H groups in total. The van der Waals surface area contributed by atoms with E-state index in [0.717, 1.165) is 16.9 Å². The Bertz CT molecular complexity index is 680. The van der Waals surface area contributed by atoms with Crippen molar-refractivity contribution < 1.29 is 14.3 Å². The van der Waals surface area contributed by atoms with E-state index >= 15 is 0 Å². The molecule has 4 heteroatoms. The molecule has 2 rings (SSSR count). The van der Waals surface area contributed by atoms with Gasteiger partial charge in [-0.3, -0.25) is 0 Å². The molecule has 0 saturated heterocycles. The molecule has 0 fully saturated rings. The maximum absolute atomic E-state index is 10.9. The molecule has 0 unspecified atom stereocenters. The lowest BCUT2D eigenvalue weighted by Crippen LogP contribution is -2.43. The zero-order valence-corrected chi connectivity index (χ0v) is 15.4. The van der Waals surface area contributed by atoms with Crippen molar-refractivity contribution in [3.05, 3.63) is 54.1 Å². The molecule has 0 aliphatic carbocycles. The van der Waals surface area contributed by atoms with Crippen molar-refractivity contribution >= 4 is 14.3 Å². The monoisotopic (exact) mass is 328 g/mol. The molecule has 0 spiro atoms. The van der Waals surface area contributed by atoms with Crippen molar-refractivity contribution in [1.82, 2.24) is 0 Å². The quantitative estimate of drug-likeness (QED) is 0.761. The molecular formula is C19H24O3Si. The first-order valence-corrected chi connectivity index (χ1v) is 10.6. The summed E-state index contributed by atoms with van der Waals surface area (Å²) in [5.41, 5.74) is 2.34. The SMILES string of the molecule is CC(C)(C)[Si](C)(C)Oc1ccc(-c2ccc(C(=O)O)cc2)cc1. The van der Waals surface area contributed by atoms with Gasteiger partial charge in [0.05, 0.1) is 5.56 Å². The summed E-state index contributed by atoms with van der Waals surface area (Å²) in [5.74, 6) is -0.0165. The van der Waals surface area contributed by atoms with Gasteiger partial charge in [0.15, 0.2) is 0 Å². The van der Waals surface area contributed by atoms with Crippen LogP contribution in [-0.2, 0) is 0 Å². The van der Waals surface area contributed by atoms with Crippen molar-refractivity contribution in [1.29, 1.82) is 0 Å². The number of aromatic carboxylic acids is 1. The van der Waals surface area contributed by atoms with Gasteiger partial charge < -0.3 is 9.53 Å². The zero-order valence-electron chi connectivity index (χ0n) is 14.4. The van der Waals surface area contributed by atoms with Crippen molar-refractivity contribution in [2.24, 2.45) is 0 Å². The lowest BCUT2D eigenvalue weighted by atomic mass is 10.0. The van der Waals surface area contributed by atoms with Gasteiger partial charge in [0.1, 0.15) is 5.75 Å². The molecule has 0 atom stereocenters. The molecule has 0 heterocycles. The van der Waals surface area contributed by atoms with Crippen LogP contribution in [0.5, 0.6) is 5.75 Å². The number of carboxylic acids is 1. The van der Waals surface area contributed by atoms with Crippen LogP contribution in [-0.4, -0.2) is 19.4 Å². The average Bonchev–Trinajstić information content (AvgIpc) is 2.46. The van der Waals surface area contributed by atoms with Gasteiger partial charge in [-0.1, -0.05) is 45.0 Å². The van der Waals surface area contributed by atoms with E-state index in [1.165, 1.54) is 0 Å². The Morgan fingerprint density at radius 2 is 1.35 bits per heavy atom. The maximum Gasteiger partial charge on any atom is 0.335 e. The Balaban J connectivity index is 2.18. The van der Waals surface area contributed by atoms with Crippen LogP contribution in [0.25, 0.3) is 11.1 Å². The van der Waals surface area contributed by atoms with Crippen molar-refractivity contribution in [2.45, 2.75) is 38.9 Å². The first kappa shape index (κ1) is 17.3. The van der Waals surface area contributed by atoms with Crippen LogP contribution in [0.4, 0.5) is 0 Å². The predicted molar refractivity (Wildman–Crippen MR) is 96.7 cm³/mol. The fourth-order valence-corrected chi connectivity index (χ4v) is 3.00. The van der Waals surface area contributed by atoms with Gasteiger partial charge in [-0.25, -0.2) is 4.79 Å². The second-order valence-electron chi connectivity index (χ2n) is 7.27. The van der Waals surface area contributed by atoms with Crippen molar-refractivity contribution in [3.63, 3.8) is 0 Å². The van der Waals surface area contributed by atoms with Gasteiger partial charge in [-0.2, -0.15) is 0 Å². The largest absolute Gasteiger partial charge is 0.544 e. The molecule has 3 nitrogen and oxygen atoms in total. The van der Waals surface area contributed by atoms with Gasteiger partial charge in [-0.15, -0.1) is 0 Å². The second-order valence-corrected chi connectivity index (χ2v) is 12.0. The van der Waals surface area contributed by atoms with E-state index < -0.39 is 14.3 Å². The number of carbonyl (C=O) groups is 1. The van der Waals surface area contributed by atoms with E-state index in [-0.39, 0.29) is 5.04 Å². The molecule has 122 valence electrons. The lowest BCUT2D eigenvalue weighted by molar-refractivity contribution is 0.0697. The fraction of sp³-hybridized carbons (Fsp3) is 0.316. The number of carboxylic acid groups (broad SMARTS) is 1.